The molecule has 0 aromatic heterocycles. The minimum absolute atomic E-state index is 0.194. The number of hydrogen-bond donors (Lipinski definition) is 1. The van der Waals surface area contributed by atoms with Crippen molar-refractivity contribution in [2.45, 2.75) is 4.90 Å². The topological polar surface area (TPSA) is 79.0 Å². The number of methoxy groups -OCH3 is 1. The molecule has 4 aromatic carbocycles. The molecule has 1 aliphatic heterocycles. The van der Waals surface area contributed by atoms with Crippen molar-refractivity contribution < 1.29 is 17.9 Å². The van der Waals surface area contributed by atoms with E-state index in [1.807, 2.05) is 91.0 Å². The van der Waals surface area contributed by atoms with Crippen LogP contribution in [0.5, 0.6) is 5.75 Å². The summed E-state index contributed by atoms with van der Waals surface area (Å²) in [4.78, 5) is 15.7. The number of anilines is 2. The first-order valence-corrected chi connectivity index (χ1v) is 14.5. The molecule has 0 atom stereocenters. The summed E-state index contributed by atoms with van der Waals surface area (Å²) >= 11 is 0. The van der Waals surface area contributed by atoms with Crippen molar-refractivity contribution in [2.75, 3.05) is 43.5 Å². The lowest BCUT2D eigenvalue weighted by Crippen LogP contribution is -2.48. The summed E-state index contributed by atoms with van der Waals surface area (Å²) in [6.45, 7) is 1.85. The molecule has 0 unspecified atom stereocenters. The van der Waals surface area contributed by atoms with Crippen LogP contribution in [-0.4, -0.2) is 51.9 Å². The number of para-hydroxylation sites is 2. The molecule has 204 valence electrons. The van der Waals surface area contributed by atoms with Crippen LogP contribution < -0.4 is 15.0 Å². The normalized spacial score (nSPS) is 14.5. The highest BCUT2D eigenvalue weighted by molar-refractivity contribution is 7.89. The second kappa shape index (κ2) is 12.2. The van der Waals surface area contributed by atoms with Crippen molar-refractivity contribution in [3.63, 3.8) is 0 Å². The van der Waals surface area contributed by atoms with Crippen LogP contribution in [0.4, 0.5) is 11.4 Å². The average molecular weight is 554 g/mol. The van der Waals surface area contributed by atoms with Gasteiger partial charge in [0.25, 0.3) is 5.91 Å². The molecule has 0 spiro atoms. The summed E-state index contributed by atoms with van der Waals surface area (Å²) in [6, 6.07) is 33.2. The number of benzene rings is 4. The van der Waals surface area contributed by atoms with Gasteiger partial charge in [0.15, 0.2) is 0 Å². The number of carbonyl (C=O) groups excluding carboxylic acids is 1. The molecule has 1 amide bonds. The van der Waals surface area contributed by atoms with Gasteiger partial charge in [-0.1, -0.05) is 72.8 Å². The first-order valence-electron chi connectivity index (χ1n) is 13.1. The lowest BCUT2D eigenvalue weighted by atomic mass is 10.0. The molecular formula is C32H31N3O4S. The third-order valence-corrected chi connectivity index (χ3v) is 8.77. The number of hydrogen-bond acceptors (Lipinski definition) is 5. The van der Waals surface area contributed by atoms with Crippen LogP contribution >= 0.6 is 0 Å². The molecular weight excluding hydrogens is 522 g/mol. The van der Waals surface area contributed by atoms with E-state index in [2.05, 4.69) is 10.2 Å². The van der Waals surface area contributed by atoms with Crippen LogP contribution in [0.3, 0.4) is 0 Å². The maximum atomic E-state index is 13.4. The summed E-state index contributed by atoms with van der Waals surface area (Å²) < 4.78 is 33.7. The Morgan fingerprint density at radius 2 is 1.38 bits per heavy atom. The Balaban J connectivity index is 1.28. The van der Waals surface area contributed by atoms with E-state index in [1.165, 1.54) is 4.31 Å². The number of sulfonamides is 1. The highest BCUT2D eigenvalue weighted by Gasteiger charge is 2.29. The quantitative estimate of drug-likeness (QED) is 0.234. The van der Waals surface area contributed by atoms with Gasteiger partial charge < -0.3 is 15.0 Å². The maximum absolute atomic E-state index is 13.4. The van der Waals surface area contributed by atoms with Crippen molar-refractivity contribution in [2.24, 2.45) is 0 Å². The van der Waals surface area contributed by atoms with Crippen molar-refractivity contribution in [3.05, 3.63) is 120 Å². The first kappa shape index (κ1) is 27.2. The number of piperazine rings is 1. The van der Waals surface area contributed by atoms with E-state index in [-0.39, 0.29) is 10.8 Å². The molecule has 1 fully saturated rings. The van der Waals surface area contributed by atoms with Gasteiger partial charge in [0.05, 0.1) is 17.7 Å². The molecule has 0 radical (unpaired) electrons. The number of nitrogens with one attached hydrogen (secondary N) is 1. The summed E-state index contributed by atoms with van der Waals surface area (Å²) in [5, 5.41) is 2.92. The van der Waals surface area contributed by atoms with E-state index in [0.29, 0.717) is 37.4 Å². The fraction of sp³-hybridized carbons (Fsp3) is 0.156. The highest BCUT2D eigenvalue weighted by Crippen LogP contribution is 2.29. The largest absolute Gasteiger partial charge is 0.495 e. The third kappa shape index (κ3) is 6.09. The van der Waals surface area contributed by atoms with E-state index in [1.54, 1.807) is 31.4 Å². The van der Waals surface area contributed by atoms with E-state index in [0.717, 1.165) is 22.6 Å². The molecule has 1 N–H and O–H groups in total. The zero-order chi connectivity index (χ0) is 28.0. The van der Waals surface area contributed by atoms with E-state index in [9.17, 15) is 13.2 Å². The van der Waals surface area contributed by atoms with Crippen LogP contribution in [0.25, 0.3) is 11.6 Å². The van der Waals surface area contributed by atoms with Crippen molar-refractivity contribution in [1.29, 1.82) is 0 Å². The summed E-state index contributed by atoms with van der Waals surface area (Å²) in [7, 11) is -2.04. The Morgan fingerprint density at radius 1 is 0.775 bits per heavy atom. The zero-order valence-electron chi connectivity index (χ0n) is 22.2. The van der Waals surface area contributed by atoms with Crippen LogP contribution in [0.2, 0.25) is 0 Å². The van der Waals surface area contributed by atoms with Crippen LogP contribution in [0.15, 0.2) is 114 Å². The number of rotatable bonds is 8. The SMILES string of the molecule is COc1ccccc1N1CCN(S(=O)(=O)c2ccc(NC(=O)/C(=C/c3ccccc3)c3ccccc3)cc2)CC1. The molecule has 4 aromatic rings. The van der Waals surface area contributed by atoms with Crippen molar-refractivity contribution in [3.8, 4) is 5.75 Å². The summed E-state index contributed by atoms with van der Waals surface area (Å²) in [5.41, 5.74) is 3.67. The minimum atomic E-state index is -3.68. The first-order chi connectivity index (χ1) is 19.5. The Labute approximate surface area is 235 Å². The van der Waals surface area contributed by atoms with E-state index < -0.39 is 10.0 Å². The van der Waals surface area contributed by atoms with Gasteiger partial charge >= 0.3 is 0 Å². The average Bonchev–Trinajstić information content (AvgIpc) is 3.01. The summed E-state index contributed by atoms with van der Waals surface area (Å²) in [6.07, 6.45) is 1.84. The fourth-order valence-corrected chi connectivity index (χ4v) is 6.15. The predicted molar refractivity (Wildman–Crippen MR) is 160 cm³/mol. The molecule has 0 bridgehead atoms. The standard InChI is InChI=1S/C32H31N3O4S/c1-39-31-15-9-8-14-30(31)34-20-22-35(23-21-34)40(37,38)28-18-16-27(17-19-28)33-32(36)29(26-12-6-3-7-13-26)24-25-10-4-2-5-11-25/h2-19,24H,20-23H2,1H3,(H,33,36)/b29-24+. The van der Waals surface area contributed by atoms with Gasteiger partial charge in [-0.15, -0.1) is 0 Å². The molecule has 1 aliphatic rings. The Morgan fingerprint density at radius 3 is 2.02 bits per heavy atom. The molecule has 1 saturated heterocycles. The van der Waals surface area contributed by atoms with Crippen LogP contribution in [0.1, 0.15) is 11.1 Å². The zero-order valence-corrected chi connectivity index (χ0v) is 23.1. The number of carbonyl (C=O) groups is 1. The molecule has 8 heteroatoms. The summed E-state index contributed by atoms with van der Waals surface area (Å²) in [5.74, 6) is 0.489. The van der Waals surface area contributed by atoms with Gasteiger partial charge in [-0.3, -0.25) is 4.79 Å². The second-order valence-corrected chi connectivity index (χ2v) is 11.3. The molecule has 0 aliphatic carbocycles. The van der Waals surface area contributed by atoms with E-state index in [4.69, 9.17) is 4.74 Å². The Bertz CT molecular complexity index is 1580. The van der Waals surface area contributed by atoms with Gasteiger partial charge in [-0.25, -0.2) is 8.42 Å². The molecule has 7 nitrogen and oxygen atoms in total. The van der Waals surface area contributed by atoms with Gasteiger partial charge in [-0.05, 0) is 53.6 Å². The molecule has 1 heterocycles. The highest BCUT2D eigenvalue weighted by atomic mass is 32.2. The van der Waals surface area contributed by atoms with Gasteiger partial charge in [0, 0.05) is 37.4 Å². The lowest BCUT2D eigenvalue weighted by molar-refractivity contribution is -0.111. The maximum Gasteiger partial charge on any atom is 0.256 e. The van der Waals surface area contributed by atoms with Crippen molar-refractivity contribution >= 4 is 39.0 Å². The molecule has 5 rings (SSSR count). The number of nitrogens with zero attached hydrogens (tertiary/aromatic N) is 2. The number of ether oxygens (including phenoxy) is 1. The third-order valence-electron chi connectivity index (χ3n) is 6.85. The minimum Gasteiger partial charge on any atom is -0.495 e. The Hall–Kier alpha value is -4.40. The monoisotopic (exact) mass is 553 g/mol. The predicted octanol–water partition coefficient (Wildman–Crippen LogP) is 5.39. The van der Waals surface area contributed by atoms with Gasteiger partial charge in [0.2, 0.25) is 10.0 Å². The molecule has 0 saturated carbocycles. The number of amides is 1. The van der Waals surface area contributed by atoms with Gasteiger partial charge in [-0.2, -0.15) is 4.31 Å². The lowest BCUT2D eigenvalue weighted by Gasteiger charge is -2.35. The van der Waals surface area contributed by atoms with Crippen LogP contribution in [-0.2, 0) is 14.8 Å². The smallest absolute Gasteiger partial charge is 0.256 e. The molecule has 40 heavy (non-hydrogen) atoms. The fourth-order valence-electron chi connectivity index (χ4n) is 4.73. The van der Waals surface area contributed by atoms with Crippen molar-refractivity contribution in [1.82, 2.24) is 4.31 Å². The van der Waals surface area contributed by atoms with E-state index >= 15 is 0 Å². The Kier molecular flexibility index (Phi) is 8.28. The van der Waals surface area contributed by atoms with Gasteiger partial charge in [0.1, 0.15) is 5.75 Å². The second-order valence-electron chi connectivity index (χ2n) is 9.38. The van der Waals surface area contributed by atoms with Crippen LogP contribution in [0, 0.1) is 0 Å².